The number of rotatable bonds is 7. The molecule has 146 valence electrons. The first-order valence-corrected chi connectivity index (χ1v) is 9.48. The number of imidazole rings is 1. The Labute approximate surface area is 162 Å². The molecular formula is C21H23FN4O2. The van der Waals surface area contributed by atoms with Gasteiger partial charge in [0.1, 0.15) is 23.1 Å². The van der Waals surface area contributed by atoms with E-state index in [-0.39, 0.29) is 11.7 Å². The van der Waals surface area contributed by atoms with Gasteiger partial charge in [-0.2, -0.15) is 0 Å². The Bertz CT molecular complexity index is 996. The summed E-state index contributed by atoms with van der Waals surface area (Å²) in [5.74, 6) is 1.44. The van der Waals surface area contributed by atoms with Crippen LogP contribution in [-0.4, -0.2) is 21.5 Å². The predicted molar refractivity (Wildman–Crippen MR) is 105 cm³/mol. The Kier molecular flexibility index (Phi) is 5.00. The molecule has 0 bridgehead atoms. The number of amides is 1. The summed E-state index contributed by atoms with van der Waals surface area (Å²) >= 11 is 0. The first-order chi connectivity index (χ1) is 13.5. The minimum Gasteiger partial charge on any atom is -0.457 e. The average Bonchev–Trinajstić information content (AvgIpc) is 2.98. The molecule has 1 aromatic heterocycles. The molecule has 0 aliphatic heterocycles. The first-order valence-electron chi connectivity index (χ1n) is 9.48. The second-order valence-electron chi connectivity index (χ2n) is 7.19. The predicted octanol–water partition coefficient (Wildman–Crippen LogP) is 3.66. The highest BCUT2D eigenvalue weighted by atomic mass is 19.1. The number of hydrogen-bond acceptors (Lipinski definition) is 4. The maximum Gasteiger partial charge on any atom is 0.234 e. The number of fused-ring (bicyclic) bond motifs is 1. The largest absolute Gasteiger partial charge is 0.457 e. The summed E-state index contributed by atoms with van der Waals surface area (Å²) in [5, 5.41) is 3.14. The van der Waals surface area contributed by atoms with Crippen molar-refractivity contribution in [1.29, 1.82) is 0 Å². The van der Waals surface area contributed by atoms with Crippen LogP contribution < -0.4 is 15.8 Å². The molecule has 0 unspecified atom stereocenters. The minimum absolute atomic E-state index is 0.298. The van der Waals surface area contributed by atoms with Crippen molar-refractivity contribution in [2.24, 2.45) is 5.73 Å². The molecule has 1 aliphatic rings. The summed E-state index contributed by atoms with van der Waals surface area (Å²) < 4.78 is 21.2. The van der Waals surface area contributed by atoms with Gasteiger partial charge in [0.05, 0.1) is 23.6 Å². The van der Waals surface area contributed by atoms with Gasteiger partial charge in [0.25, 0.3) is 0 Å². The van der Waals surface area contributed by atoms with E-state index >= 15 is 0 Å². The lowest BCUT2D eigenvalue weighted by Crippen LogP contribution is -2.39. The van der Waals surface area contributed by atoms with Crippen LogP contribution in [0.3, 0.4) is 0 Å². The summed E-state index contributed by atoms with van der Waals surface area (Å²) in [7, 11) is 0. The van der Waals surface area contributed by atoms with Crippen LogP contribution in [0.4, 0.5) is 4.39 Å². The standard InChI is InChI=1S/C21H23FN4O2/c1-13(21(23)27)24-12-20-25-18-10-9-17(28-16-7-5-14(22)6-8-16)11-19(18)26(20)15-3-2-4-15/h5-11,13,15,24H,2-4,12H2,1H3,(H2,23,27)/t13-/m0/s1. The van der Waals surface area contributed by atoms with Crippen molar-refractivity contribution < 1.29 is 13.9 Å². The highest BCUT2D eigenvalue weighted by Crippen LogP contribution is 2.37. The van der Waals surface area contributed by atoms with E-state index in [1.807, 2.05) is 18.2 Å². The molecule has 1 amide bonds. The molecule has 1 heterocycles. The Morgan fingerprint density at radius 3 is 2.64 bits per heavy atom. The van der Waals surface area contributed by atoms with E-state index in [0.29, 0.717) is 24.1 Å². The van der Waals surface area contributed by atoms with Crippen LogP contribution in [0.1, 0.15) is 38.1 Å². The van der Waals surface area contributed by atoms with Crippen LogP contribution in [0.25, 0.3) is 11.0 Å². The summed E-state index contributed by atoms with van der Waals surface area (Å²) in [6.07, 6.45) is 3.40. The van der Waals surface area contributed by atoms with Crippen molar-refractivity contribution >= 4 is 16.9 Å². The van der Waals surface area contributed by atoms with E-state index in [4.69, 9.17) is 15.5 Å². The molecule has 1 aliphatic carbocycles. The average molecular weight is 382 g/mol. The number of benzene rings is 2. The maximum absolute atomic E-state index is 13.1. The Hall–Kier alpha value is -2.93. The second kappa shape index (κ2) is 7.59. The molecule has 4 rings (SSSR count). The van der Waals surface area contributed by atoms with Gasteiger partial charge >= 0.3 is 0 Å². The smallest absolute Gasteiger partial charge is 0.234 e. The van der Waals surface area contributed by atoms with Gasteiger partial charge in [-0.05, 0) is 62.6 Å². The van der Waals surface area contributed by atoms with Crippen molar-refractivity contribution in [1.82, 2.24) is 14.9 Å². The van der Waals surface area contributed by atoms with E-state index in [9.17, 15) is 9.18 Å². The van der Waals surface area contributed by atoms with Gasteiger partial charge < -0.3 is 15.0 Å². The number of nitrogens with two attached hydrogens (primary N) is 1. The zero-order valence-electron chi connectivity index (χ0n) is 15.7. The third-order valence-corrected chi connectivity index (χ3v) is 5.22. The molecule has 0 radical (unpaired) electrons. The Morgan fingerprint density at radius 2 is 2.00 bits per heavy atom. The summed E-state index contributed by atoms with van der Waals surface area (Å²) in [6, 6.07) is 11.7. The minimum atomic E-state index is -0.424. The van der Waals surface area contributed by atoms with Crippen molar-refractivity contribution in [3.05, 3.63) is 54.1 Å². The fraction of sp³-hybridized carbons (Fsp3) is 0.333. The van der Waals surface area contributed by atoms with Crippen molar-refractivity contribution in [2.75, 3.05) is 0 Å². The lowest BCUT2D eigenvalue weighted by molar-refractivity contribution is -0.119. The Morgan fingerprint density at radius 1 is 1.29 bits per heavy atom. The van der Waals surface area contributed by atoms with Crippen molar-refractivity contribution in [3.63, 3.8) is 0 Å². The third kappa shape index (κ3) is 3.71. The summed E-state index contributed by atoms with van der Waals surface area (Å²) in [6.45, 7) is 2.21. The van der Waals surface area contributed by atoms with E-state index in [1.54, 1.807) is 19.1 Å². The number of hydrogen-bond donors (Lipinski definition) is 2. The fourth-order valence-corrected chi connectivity index (χ4v) is 3.35. The number of halogens is 1. The van der Waals surface area contributed by atoms with Crippen LogP contribution in [0.15, 0.2) is 42.5 Å². The molecule has 28 heavy (non-hydrogen) atoms. The van der Waals surface area contributed by atoms with Crippen molar-refractivity contribution in [3.8, 4) is 11.5 Å². The fourth-order valence-electron chi connectivity index (χ4n) is 3.35. The molecule has 0 spiro atoms. The van der Waals surface area contributed by atoms with E-state index in [0.717, 1.165) is 29.7 Å². The van der Waals surface area contributed by atoms with Gasteiger partial charge in [-0.15, -0.1) is 0 Å². The van der Waals surface area contributed by atoms with Gasteiger partial charge in [-0.1, -0.05) is 0 Å². The molecule has 1 atom stereocenters. The zero-order chi connectivity index (χ0) is 19.7. The highest BCUT2D eigenvalue weighted by molar-refractivity contribution is 5.79. The molecule has 7 heteroatoms. The second-order valence-corrected chi connectivity index (χ2v) is 7.19. The summed E-state index contributed by atoms with van der Waals surface area (Å²) in [4.78, 5) is 16.1. The quantitative estimate of drug-likeness (QED) is 0.653. The highest BCUT2D eigenvalue weighted by Gasteiger charge is 2.25. The molecule has 3 N–H and O–H groups in total. The normalized spacial score (nSPS) is 15.4. The lowest BCUT2D eigenvalue weighted by Gasteiger charge is -2.29. The third-order valence-electron chi connectivity index (χ3n) is 5.22. The topological polar surface area (TPSA) is 82.2 Å². The molecule has 6 nitrogen and oxygen atoms in total. The first kappa shape index (κ1) is 18.4. The summed E-state index contributed by atoms with van der Waals surface area (Å²) in [5.41, 5.74) is 7.21. The molecular weight excluding hydrogens is 359 g/mol. The van der Waals surface area contributed by atoms with E-state index in [1.165, 1.54) is 18.6 Å². The van der Waals surface area contributed by atoms with E-state index in [2.05, 4.69) is 9.88 Å². The van der Waals surface area contributed by atoms with Crippen molar-refractivity contribution in [2.45, 2.75) is 44.8 Å². The lowest BCUT2D eigenvalue weighted by atomic mass is 9.92. The molecule has 1 fully saturated rings. The zero-order valence-corrected chi connectivity index (χ0v) is 15.7. The van der Waals surface area contributed by atoms with Gasteiger partial charge in [-0.3, -0.25) is 10.1 Å². The number of nitrogens with zero attached hydrogens (tertiary/aromatic N) is 2. The molecule has 2 aromatic carbocycles. The molecule has 3 aromatic rings. The number of primary amides is 1. The van der Waals surface area contributed by atoms with Crippen LogP contribution in [0.2, 0.25) is 0 Å². The van der Waals surface area contributed by atoms with Gasteiger partial charge in [0.15, 0.2) is 0 Å². The molecule has 1 saturated carbocycles. The van der Waals surface area contributed by atoms with Crippen LogP contribution in [0, 0.1) is 5.82 Å². The number of nitrogens with one attached hydrogen (secondary N) is 1. The van der Waals surface area contributed by atoms with Crippen LogP contribution in [-0.2, 0) is 11.3 Å². The van der Waals surface area contributed by atoms with Gasteiger partial charge in [0, 0.05) is 12.1 Å². The van der Waals surface area contributed by atoms with E-state index < -0.39 is 6.04 Å². The number of carbonyl (C=O) groups excluding carboxylic acids is 1. The number of aromatic nitrogens is 2. The Balaban J connectivity index is 1.64. The number of carbonyl (C=O) groups is 1. The van der Waals surface area contributed by atoms with Gasteiger partial charge in [-0.25, -0.2) is 9.37 Å². The number of ether oxygens (including phenoxy) is 1. The SMILES string of the molecule is C[C@H](NCc1nc2ccc(Oc3ccc(F)cc3)cc2n1C1CCC1)C(N)=O. The van der Waals surface area contributed by atoms with Gasteiger partial charge in [0.2, 0.25) is 5.91 Å². The van der Waals surface area contributed by atoms with Crippen LogP contribution >= 0.6 is 0 Å². The molecule has 0 saturated heterocycles. The van der Waals surface area contributed by atoms with Crippen LogP contribution in [0.5, 0.6) is 11.5 Å². The monoisotopic (exact) mass is 382 g/mol. The maximum atomic E-state index is 13.1.